The molecule has 3 heterocycles. The summed E-state index contributed by atoms with van der Waals surface area (Å²) >= 11 is 0. The van der Waals surface area contributed by atoms with Crippen molar-refractivity contribution in [3.05, 3.63) is 47.0 Å². The Hall–Kier alpha value is -2.84. The molecule has 0 bridgehead atoms. The number of anilines is 1. The number of rotatable bonds is 3. The normalized spacial score (nSPS) is 25.2. The van der Waals surface area contributed by atoms with Gasteiger partial charge in [-0.05, 0) is 37.0 Å². The quantitative estimate of drug-likeness (QED) is 0.738. The standard InChI is InChI=1S/C20H19F3N4O2/c1-10-7-27-17(16(6-24-27)26-8-12-5-13(12)20(26)29)9-25(10)18(28)4-11-2-14(21)19(23)15(22)3-11/h2-3,6,10,12-13H,4-5,7-9H2,1H3/t10-,12?,13?/m0/s1. The molecule has 2 aliphatic heterocycles. The lowest BCUT2D eigenvalue weighted by molar-refractivity contribution is -0.134. The topological polar surface area (TPSA) is 58.4 Å². The average molecular weight is 404 g/mol. The van der Waals surface area contributed by atoms with Crippen molar-refractivity contribution >= 4 is 17.5 Å². The Morgan fingerprint density at radius 3 is 2.59 bits per heavy atom. The van der Waals surface area contributed by atoms with Crippen molar-refractivity contribution < 1.29 is 22.8 Å². The third-order valence-corrected chi connectivity index (χ3v) is 6.15. The lowest BCUT2D eigenvalue weighted by Crippen LogP contribution is -2.46. The highest BCUT2D eigenvalue weighted by Gasteiger charge is 2.53. The van der Waals surface area contributed by atoms with Gasteiger partial charge in [-0.15, -0.1) is 0 Å². The first-order valence-electron chi connectivity index (χ1n) is 9.62. The minimum Gasteiger partial charge on any atom is -0.332 e. The summed E-state index contributed by atoms with van der Waals surface area (Å²) in [6.07, 6.45) is 2.38. The first-order valence-corrected chi connectivity index (χ1v) is 9.62. The van der Waals surface area contributed by atoms with Crippen LogP contribution in [0.15, 0.2) is 18.3 Å². The fraction of sp³-hybridized carbons (Fsp3) is 0.450. The van der Waals surface area contributed by atoms with Gasteiger partial charge in [0.1, 0.15) is 0 Å². The Morgan fingerprint density at radius 2 is 1.93 bits per heavy atom. The maximum atomic E-state index is 13.5. The van der Waals surface area contributed by atoms with Crippen LogP contribution in [-0.2, 0) is 29.1 Å². The van der Waals surface area contributed by atoms with E-state index in [1.165, 1.54) is 0 Å². The van der Waals surface area contributed by atoms with E-state index >= 15 is 0 Å². The Balaban J connectivity index is 1.37. The highest BCUT2D eigenvalue weighted by molar-refractivity contribution is 6.00. The van der Waals surface area contributed by atoms with E-state index in [0.717, 1.165) is 29.9 Å². The smallest absolute Gasteiger partial charge is 0.230 e. The summed E-state index contributed by atoms with van der Waals surface area (Å²) in [7, 11) is 0. The third kappa shape index (κ3) is 2.90. The Kier molecular flexibility index (Phi) is 3.97. The number of aromatic nitrogens is 2. The van der Waals surface area contributed by atoms with Crippen molar-refractivity contribution in [1.82, 2.24) is 14.7 Å². The molecule has 29 heavy (non-hydrogen) atoms. The number of fused-ring (bicyclic) bond motifs is 2. The summed E-state index contributed by atoms with van der Waals surface area (Å²) in [6, 6.07) is 1.51. The molecule has 1 aromatic heterocycles. The van der Waals surface area contributed by atoms with Crippen LogP contribution in [-0.4, -0.2) is 39.1 Å². The average Bonchev–Trinajstić information content (AvgIpc) is 3.22. The van der Waals surface area contributed by atoms with E-state index in [9.17, 15) is 22.8 Å². The minimum absolute atomic E-state index is 0.0766. The van der Waals surface area contributed by atoms with Gasteiger partial charge < -0.3 is 9.80 Å². The Labute approximate surface area is 164 Å². The number of nitrogens with zero attached hydrogens (tertiary/aromatic N) is 4. The summed E-state index contributed by atoms with van der Waals surface area (Å²) in [5, 5.41) is 4.38. The largest absolute Gasteiger partial charge is 0.332 e. The zero-order valence-electron chi connectivity index (χ0n) is 15.7. The summed E-state index contributed by atoms with van der Waals surface area (Å²) < 4.78 is 41.9. The van der Waals surface area contributed by atoms with Crippen LogP contribution in [0.25, 0.3) is 0 Å². The van der Waals surface area contributed by atoms with Crippen LogP contribution in [0.1, 0.15) is 24.6 Å². The Morgan fingerprint density at radius 1 is 1.21 bits per heavy atom. The van der Waals surface area contributed by atoms with E-state index in [1.807, 2.05) is 6.92 Å². The van der Waals surface area contributed by atoms with Crippen LogP contribution in [0.2, 0.25) is 0 Å². The molecular weight excluding hydrogens is 385 g/mol. The van der Waals surface area contributed by atoms with Gasteiger partial charge in [0, 0.05) is 18.5 Å². The third-order valence-electron chi connectivity index (χ3n) is 6.15. The van der Waals surface area contributed by atoms with Crippen LogP contribution in [0, 0.1) is 29.3 Å². The molecule has 2 fully saturated rings. The Bertz CT molecular complexity index is 1010. The van der Waals surface area contributed by atoms with Gasteiger partial charge >= 0.3 is 0 Å². The highest BCUT2D eigenvalue weighted by Crippen LogP contribution is 2.48. The number of amides is 2. The fourth-order valence-electron chi connectivity index (χ4n) is 4.43. The number of benzene rings is 1. The van der Waals surface area contributed by atoms with Gasteiger partial charge in [-0.2, -0.15) is 5.10 Å². The number of carbonyl (C=O) groups is 2. The first-order chi connectivity index (χ1) is 13.8. The van der Waals surface area contributed by atoms with Gasteiger partial charge in [-0.1, -0.05) is 0 Å². The van der Waals surface area contributed by atoms with Crippen LogP contribution >= 0.6 is 0 Å². The number of halogens is 3. The lowest BCUT2D eigenvalue weighted by atomic mass is 10.1. The molecule has 5 rings (SSSR count). The predicted octanol–water partition coefficient (Wildman–Crippen LogP) is 2.26. The van der Waals surface area contributed by atoms with Crippen molar-refractivity contribution in [2.24, 2.45) is 11.8 Å². The van der Waals surface area contributed by atoms with Crippen LogP contribution < -0.4 is 4.90 Å². The zero-order chi connectivity index (χ0) is 20.4. The molecule has 1 aromatic carbocycles. The molecular formula is C20H19F3N4O2. The number of carbonyl (C=O) groups excluding carboxylic acids is 2. The SMILES string of the molecule is C[C@H]1Cn2ncc(N3CC4CC4C3=O)c2CN1C(=O)Cc1cc(F)c(F)c(F)c1. The van der Waals surface area contributed by atoms with Crippen molar-refractivity contribution in [2.45, 2.75) is 38.9 Å². The summed E-state index contributed by atoms with van der Waals surface area (Å²) in [5.74, 6) is -3.85. The van der Waals surface area contributed by atoms with Crippen molar-refractivity contribution in [2.75, 3.05) is 11.4 Å². The summed E-state index contributed by atoms with van der Waals surface area (Å²) in [6.45, 7) is 3.26. The van der Waals surface area contributed by atoms with E-state index in [-0.39, 0.29) is 42.3 Å². The van der Waals surface area contributed by atoms with E-state index in [2.05, 4.69) is 5.10 Å². The van der Waals surface area contributed by atoms with Gasteiger partial charge in [0.05, 0.1) is 37.1 Å². The van der Waals surface area contributed by atoms with Crippen molar-refractivity contribution in [3.8, 4) is 0 Å². The molecule has 2 amide bonds. The molecule has 6 nitrogen and oxygen atoms in total. The van der Waals surface area contributed by atoms with Crippen LogP contribution in [0.3, 0.4) is 0 Å². The van der Waals surface area contributed by atoms with Crippen molar-refractivity contribution in [3.63, 3.8) is 0 Å². The van der Waals surface area contributed by atoms with Crippen molar-refractivity contribution in [1.29, 1.82) is 0 Å². The van der Waals surface area contributed by atoms with Crippen LogP contribution in [0.4, 0.5) is 18.9 Å². The van der Waals surface area contributed by atoms with Crippen LogP contribution in [0.5, 0.6) is 0 Å². The summed E-state index contributed by atoms with van der Waals surface area (Å²) in [5.41, 5.74) is 1.58. The van der Waals surface area contributed by atoms with Gasteiger partial charge in [0.25, 0.3) is 0 Å². The fourth-order valence-corrected chi connectivity index (χ4v) is 4.43. The number of hydrogen-bond donors (Lipinski definition) is 0. The van der Waals surface area contributed by atoms with E-state index in [0.29, 0.717) is 19.0 Å². The van der Waals surface area contributed by atoms with E-state index in [1.54, 1.807) is 20.7 Å². The molecule has 1 aliphatic carbocycles. The van der Waals surface area contributed by atoms with E-state index in [4.69, 9.17) is 0 Å². The molecule has 1 saturated heterocycles. The first kappa shape index (κ1) is 18.2. The summed E-state index contributed by atoms with van der Waals surface area (Å²) in [4.78, 5) is 28.7. The molecule has 9 heteroatoms. The van der Waals surface area contributed by atoms with Gasteiger partial charge in [0.15, 0.2) is 17.5 Å². The van der Waals surface area contributed by atoms with Gasteiger partial charge in [0.2, 0.25) is 11.8 Å². The monoisotopic (exact) mass is 404 g/mol. The molecule has 2 unspecified atom stereocenters. The second kappa shape index (κ2) is 6.33. The second-order valence-corrected chi connectivity index (χ2v) is 8.13. The molecule has 0 radical (unpaired) electrons. The molecule has 1 saturated carbocycles. The van der Waals surface area contributed by atoms with E-state index < -0.39 is 17.5 Å². The predicted molar refractivity (Wildman–Crippen MR) is 96.2 cm³/mol. The number of hydrogen-bond acceptors (Lipinski definition) is 3. The molecule has 0 spiro atoms. The zero-order valence-corrected chi connectivity index (χ0v) is 15.7. The second-order valence-electron chi connectivity index (χ2n) is 8.13. The maximum absolute atomic E-state index is 13.5. The maximum Gasteiger partial charge on any atom is 0.230 e. The minimum atomic E-state index is -1.55. The molecule has 0 N–H and O–H groups in total. The molecule has 2 aromatic rings. The molecule has 3 aliphatic rings. The lowest BCUT2D eigenvalue weighted by Gasteiger charge is -2.35. The van der Waals surface area contributed by atoms with Gasteiger partial charge in [-0.25, -0.2) is 13.2 Å². The number of piperidine rings is 1. The molecule has 152 valence electrons. The molecule has 3 atom stereocenters. The highest BCUT2D eigenvalue weighted by atomic mass is 19.2. The van der Waals surface area contributed by atoms with Gasteiger partial charge in [-0.3, -0.25) is 14.3 Å².